The van der Waals surface area contributed by atoms with Gasteiger partial charge in [-0.05, 0) is 29.4 Å². The van der Waals surface area contributed by atoms with Crippen LogP contribution < -0.4 is 11.1 Å². The Morgan fingerprint density at radius 3 is 1.95 bits per heavy atom. The quantitative estimate of drug-likeness (QED) is 0.893. The van der Waals surface area contributed by atoms with Gasteiger partial charge in [-0.2, -0.15) is 0 Å². The number of rotatable bonds is 4. The average molecular weight is 313 g/mol. The minimum absolute atomic E-state index is 0. The number of nitrogens with one attached hydrogen (secondary N) is 1. The summed E-state index contributed by atoms with van der Waals surface area (Å²) in [6.45, 7) is 12.5. The third-order valence-electron chi connectivity index (χ3n) is 3.66. The lowest BCUT2D eigenvalue weighted by Crippen LogP contribution is -2.44. The first-order chi connectivity index (χ1) is 9.12. The third-order valence-corrected chi connectivity index (χ3v) is 3.66. The van der Waals surface area contributed by atoms with Gasteiger partial charge in [-0.1, -0.05) is 58.9 Å². The Morgan fingerprint density at radius 1 is 1.10 bits per heavy atom. The Labute approximate surface area is 135 Å². The number of carbonyl (C=O) groups is 1. The van der Waals surface area contributed by atoms with Gasteiger partial charge in [0, 0.05) is 0 Å². The van der Waals surface area contributed by atoms with E-state index in [1.54, 1.807) is 0 Å². The largest absolute Gasteiger partial charge is 0.348 e. The Kier molecular flexibility index (Phi) is 7.41. The van der Waals surface area contributed by atoms with Crippen molar-refractivity contribution < 1.29 is 4.79 Å². The lowest BCUT2D eigenvalue weighted by Gasteiger charge is -2.22. The summed E-state index contributed by atoms with van der Waals surface area (Å²) in [7, 11) is 0. The molecule has 0 heterocycles. The zero-order valence-corrected chi connectivity index (χ0v) is 14.8. The smallest absolute Gasteiger partial charge is 0.237 e. The molecule has 2 unspecified atom stereocenters. The molecule has 0 saturated heterocycles. The van der Waals surface area contributed by atoms with Crippen LogP contribution in [0.15, 0.2) is 24.3 Å². The first-order valence-corrected chi connectivity index (χ1v) is 7.29. The summed E-state index contributed by atoms with van der Waals surface area (Å²) in [4.78, 5) is 12.0. The van der Waals surface area contributed by atoms with E-state index in [9.17, 15) is 4.79 Å². The van der Waals surface area contributed by atoms with E-state index in [2.05, 4.69) is 50.4 Å². The van der Waals surface area contributed by atoms with Crippen LogP contribution in [0.4, 0.5) is 0 Å². The number of amides is 1. The van der Waals surface area contributed by atoms with Gasteiger partial charge in [0.15, 0.2) is 0 Å². The van der Waals surface area contributed by atoms with Gasteiger partial charge in [0.1, 0.15) is 0 Å². The van der Waals surface area contributed by atoms with Crippen molar-refractivity contribution in [3.63, 3.8) is 0 Å². The molecule has 3 N–H and O–H groups in total. The normalized spacial score (nSPS) is 14.3. The molecule has 1 aromatic rings. The fraction of sp³-hybridized carbons (Fsp3) is 0.588. The van der Waals surface area contributed by atoms with E-state index in [1.807, 2.05) is 20.8 Å². The molecule has 0 aliphatic carbocycles. The van der Waals surface area contributed by atoms with Crippen LogP contribution in [0.1, 0.15) is 58.7 Å². The van der Waals surface area contributed by atoms with Crippen LogP contribution in [0.25, 0.3) is 0 Å². The second kappa shape index (κ2) is 7.81. The lowest BCUT2D eigenvalue weighted by molar-refractivity contribution is -0.123. The lowest BCUT2D eigenvalue weighted by atomic mass is 9.86. The molecule has 1 aromatic carbocycles. The van der Waals surface area contributed by atoms with Crippen LogP contribution in [0.3, 0.4) is 0 Å². The summed E-state index contributed by atoms with van der Waals surface area (Å²) in [5.41, 5.74) is 8.39. The predicted octanol–water partition coefficient (Wildman–Crippen LogP) is 3.57. The highest BCUT2D eigenvalue weighted by atomic mass is 35.5. The van der Waals surface area contributed by atoms with Gasteiger partial charge < -0.3 is 11.1 Å². The molecule has 1 rings (SSSR count). The van der Waals surface area contributed by atoms with Crippen molar-refractivity contribution in [2.24, 2.45) is 11.7 Å². The summed E-state index contributed by atoms with van der Waals surface area (Å²) in [5.74, 6) is 0.0536. The molecule has 0 spiro atoms. The number of benzene rings is 1. The molecule has 0 radical (unpaired) electrons. The average Bonchev–Trinajstić information content (AvgIpc) is 2.36. The second-order valence-corrected chi connectivity index (χ2v) is 6.87. The third kappa shape index (κ3) is 5.68. The van der Waals surface area contributed by atoms with Crippen molar-refractivity contribution in [2.45, 2.75) is 59.0 Å². The summed E-state index contributed by atoms with van der Waals surface area (Å²) >= 11 is 0. The molecule has 0 bridgehead atoms. The van der Waals surface area contributed by atoms with Crippen molar-refractivity contribution in [3.8, 4) is 0 Å². The molecule has 0 aliphatic rings. The molecule has 0 fully saturated rings. The summed E-state index contributed by atoms with van der Waals surface area (Å²) < 4.78 is 0. The van der Waals surface area contributed by atoms with Gasteiger partial charge in [-0.25, -0.2) is 0 Å². The molecule has 3 nitrogen and oxygen atoms in total. The molecule has 0 saturated carbocycles. The number of nitrogens with two attached hydrogens (primary N) is 1. The number of hydrogen-bond donors (Lipinski definition) is 2. The zero-order chi connectivity index (χ0) is 15.5. The van der Waals surface area contributed by atoms with E-state index in [1.165, 1.54) is 5.56 Å². The highest BCUT2D eigenvalue weighted by Gasteiger charge is 2.20. The minimum atomic E-state index is -0.453. The fourth-order valence-electron chi connectivity index (χ4n) is 1.97. The molecule has 120 valence electrons. The van der Waals surface area contributed by atoms with Gasteiger partial charge in [0.05, 0.1) is 12.1 Å². The van der Waals surface area contributed by atoms with Crippen molar-refractivity contribution in [2.75, 3.05) is 0 Å². The van der Waals surface area contributed by atoms with Crippen LogP contribution in [0.2, 0.25) is 0 Å². The summed E-state index contributed by atoms with van der Waals surface area (Å²) in [5, 5.41) is 2.97. The topological polar surface area (TPSA) is 55.1 Å². The van der Waals surface area contributed by atoms with Gasteiger partial charge >= 0.3 is 0 Å². The van der Waals surface area contributed by atoms with Crippen LogP contribution in [0, 0.1) is 5.92 Å². The maximum absolute atomic E-state index is 12.0. The highest BCUT2D eigenvalue weighted by Crippen LogP contribution is 2.23. The molecule has 0 aliphatic heterocycles. The van der Waals surface area contributed by atoms with Crippen LogP contribution in [0.5, 0.6) is 0 Å². The maximum atomic E-state index is 12.0. The van der Waals surface area contributed by atoms with Gasteiger partial charge in [-0.3, -0.25) is 4.79 Å². The number of hydrogen-bond acceptors (Lipinski definition) is 2. The Balaban J connectivity index is 0.00000400. The van der Waals surface area contributed by atoms with Gasteiger partial charge in [0.2, 0.25) is 5.91 Å². The van der Waals surface area contributed by atoms with E-state index >= 15 is 0 Å². The standard InChI is InChI=1S/C17H28N2O.ClH/c1-11(2)15(18)16(20)19-12(3)13-7-9-14(10-8-13)17(4,5)6;/h7-12,15H,18H2,1-6H3,(H,19,20);1H. The Hall–Kier alpha value is -1.06. The Bertz CT molecular complexity index is 449. The SMILES string of the molecule is CC(NC(=O)C(N)C(C)C)c1ccc(C(C)(C)C)cc1.Cl. The monoisotopic (exact) mass is 312 g/mol. The molecular formula is C17H29ClN2O. The van der Waals surface area contributed by atoms with Crippen molar-refractivity contribution >= 4 is 18.3 Å². The number of carbonyl (C=O) groups excluding carboxylic acids is 1. The second-order valence-electron chi connectivity index (χ2n) is 6.87. The predicted molar refractivity (Wildman–Crippen MR) is 91.8 cm³/mol. The van der Waals surface area contributed by atoms with Crippen molar-refractivity contribution in [3.05, 3.63) is 35.4 Å². The van der Waals surface area contributed by atoms with E-state index < -0.39 is 6.04 Å². The van der Waals surface area contributed by atoms with E-state index in [0.29, 0.717) is 0 Å². The van der Waals surface area contributed by atoms with Gasteiger partial charge in [0.25, 0.3) is 0 Å². The maximum Gasteiger partial charge on any atom is 0.237 e. The zero-order valence-electron chi connectivity index (χ0n) is 13.9. The number of halogens is 1. The Morgan fingerprint density at radius 2 is 1.57 bits per heavy atom. The van der Waals surface area contributed by atoms with Crippen LogP contribution in [-0.4, -0.2) is 11.9 Å². The van der Waals surface area contributed by atoms with E-state index in [0.717, 1.165) is 5.56 Å². The first kappa shape index (κ1) is 19.9. The molecular weight excluding hydrogens is 284 g/mol. The fourth-order valence-corrected chi connectivity index (χ4v) is 1.97. The van der Waals surface area contributed by atoms with Crippen molar-refractivity contribution in [1.82, 2.24) is 5.32 Å². The first-order valence-electron chi connectivity index (χ1n) is 7.29. The molecule has 4 heteroatoms. The van der Waals surface area contributed by atoms with E-state index in [-0.39, 0.29) is 35.7 Å². The highest BCUT2D eigenvalue weighted by molar-refractivity contribution is 5.85. The minimum Gasteiger partial charge on any atom is -0.348 e. The summed E-state index contributed by atoms with van der Waals surface area (Å²) in [6, 6.07) is 7.92. The van der Waals surface area contributed by atoms with Crippen molar-refractivity contribution in [1.29, 1.82) is 0 Å². The summed E-state index contributed by atoms with van der Waals surface area (Å²) in [6.07, 6.45) is 0. The molecule has 1 amide bonds. The van der Waals surface area contributed by atoms with Crippen LogP contribution >= 0.6 is 12.4 Å². The molecule has 21 heavy (non-hydrogen) atoms. The van der Waals surface area contributed by atoms with E-state index in [4.69, 9.17) is 5.73 Å². The molecule has 0 aromatic heterocycles. The van der Waals surface area contributed by atoms with Crippen LogP contribution in [-0.2, 0) is 10.2 Å². The molecule has 2 atom stereocenters. The van der Waals surface area contributed by atoms with Gasteiger partial charge in [-0.15, -0.1) is 12.4 Å².